The van der Waals surface area contributed by atoms with Crippen molar-refractivity contribution in [2.24, 2.45) is 4.99 Å². The van der Waals surface area contributed by atoms with E-state index < -0.39 is 14.8 Å². The Morgan fingerprint density at radius 1 is 1.23 bits per heavy atom. The summed E-state index contributed by atoms with van der Waals surface area (Å²) in [6, 6.07) is 12.8. The van der Waals surface area contributed by atoms with Crippen molar-refractivity contribution in [3.8, 4) is 0 Å². The molecular weight excluding hydrogens is 426 g/mol. The highest BCUT2D eigenvalue weighted by Crippen LogP contribution is 2.36. The van der Waals surface area contributed by atoms with E-state index in [2.05, 4.69) is 4.99 Å². The van der Waals surface area contributed by atoms with Gasteiger partial charge in [-0.3, -0.25) is 19.9 Å². The van der Waals surface area contributed by atoms with Crippen LogP contribution in [0, 0.1) is 10.1 Å². The van der Waals surface area contributed by atoms with Gasteiger partial charge in [-0.15, -0.1) is 0 Å². The number of nitro benzene ring substituents is 1. The summed E-state index contributed by atoms with van der Waals surface area (Å²) in [6.45, 7) is 1.49. The molecule has 2 aliphatic heterocycles. The highest BCUT2D eigenvalue weighted by atomic mass is 32.2. The van der Waals surface area contributed by atoms with Gasteiger partial charge in [-0.05, 0) is 24.6 Å². The van der Waals surface area contributed by atoms with Gasteiger partial charge in [0, 0.05) is 29.1 Å². The fourth-order valence-electron chi connectivity index (χ4n) is 3.67. The number of hydrogen-bond donors (Lipinski definition) is 0. The molecule has 30 heavy (non-hydrogen) atoms. The number of non-ortho nitro benzene ring substituents is 1. The van der Waals surface area contributed by atoms with E-state index in [-0.39, 0.29) is 35.1 Å². The van der Waals surface area contributed by atoms with Crippen molar-refractivity contribution in [2.45, 2.75) is 24.8 Å². The van der Waals surface area contributed by atoms with E-state index in [4.69, 9.17) is 0 Å². The first-order valence-corrected chi connectivity index (χ1v) is 12.1. The highest BCUT2D eigenvalue weighted by Gasteiger charge is 2.47. The van der Waals surface area contributed by atoms with E-state index in [9.17, 15) is 23.3 Å². The standard InChI is InChI=1S/C20H19N3O5S2/c1-13(24)15-3-2-4-17(9-15)22-19-12-30(27,28)11-18(19)21-20(22)29-10-14-5-7-16(8-6-14)23(25)26/h2-9,18-19H,10-12H2,1H3/t18-,19-/m1/s1. The van der Waals surface area contributed by atoms with Crippen LogP contribution in [0.5, 0.6) is 0 Å². The van der Waals surface area contributed by atoms with Gasteiger partial charge in [0.15, 0.2) is 20.8 Å². The molecular formula is C20H19N3O5S2. The number of amidine groups is 1. The summed E-state index contributed by atoms with van der Waals surface area (Å²) in [5.74, 6) is 0.505. The Morgan fingerprint density at radius 3 is 2.63 bits per heavy atom. The number of sulfone groups is 1. The molecule has 0 radical (unpaired) electrons. The fourth-order valence-corrected chi connectivity index (χ4v) is 6.59. The smallest absolute Gasteiger partial charge is 0.269 e. The summed E-state index contributed by atoms with van der Waals surface area (Å²) in [7, 11) is -3.17. The Bertz CT molecular complexity index is 1150. The van der Waals surface area contributed by atoms with Crippen molar-refractivity contribution in [3.63, 3.8) is 0 Å². The number of carbonyl (C=O) groups excluding carboxylic acids is 1. The number of nitro groups is 1. The lowest BCUT2D eigenvalue weighted by molar-refractivity contribution is -0.384. The predicted octanol–water partition coefficient (Wildman–Crippen LogP) is 3.07. The SMILES string of the molecule is CC(=O)c1cccc(N2C(SCc3ccc([N+](=O)[O-])cc3)=N[C@@H]3CS(=O)(=O)C[C@H]32)c1. The summed E-state index contributed by atoms with van der Waals surface area (Å²) < 4.78 is 24.3. The lowest BCUT2D eigenvalue weighted by Crippen LogP contribution is -2.39. The minimum atomic E-state index is -3.17. The Balaban J connectivity index is 1.60. The molecule has 0 amide bonds. The number of fused-ring (bicyclic) bond motifs is 1. The molecule has 2 atom stereocenters. The molecule has 0 saturated carbocycles. The van der Waals surface area contributed by atoms with Gasteiger partial charge in [0.25, 0.3) is 5.69 Å². The van der Waals surface area contributed by atoms with E-state index in [1.54, 1.807) is 30.3 Å². The molecule has 1 fully saturated rings. The van der Waals surface area contributed by atoms with Crippen LogP contribution in [-0.4, -0.2) is 47.9 Å². The summed E-state index contributed by atoms with van der Waals surface area (Å²) in [4.78, 5) is 28.8. The minimum Gasteiger partial charge on any atom is -0.315 e. The van der Waals surface area contributed by atoms with Gasteiger partial charge in [0.1, 0.15) is 0 Å². The number of nitrogens with zero attached hydrogens (tertiary/aromatic N) is 3. The molecule has 156 valence electrons. The summed E-state index contributed by atoms with van der Waals surface area (Å²) >= 11 is 1.45. The van der Waals surface area contributed by atoms with Crippen molar-refractivity contribution in [1.29, 1.82) is 0 Å². The van der Waals surface area contributed by atoms with Crippen LogP contribution in [0.1, 0.15) is 22.8 Å². The molecule has 0 aliphatic carbocycles. The predicted molar refractivity (Wildman–Crippen MR) is 117 cm³/mol. The lowest BCUT2D eigenvalue weighted by atomic mass is 10.1. The molecule has 2 heterocycles. The number of benzene rings is 2. The molecule has 10 heteroatoms. The average molecular weight is 446 g/mol. The average Bonchev–Trinajstić information content (AvgIpc) is 3.17. The van der Waals surface area contributed by atoms with Gasteiger partial charge in [-0.2, -0.15) is 0 Å². The van der Waals surface area contributed by atoms with Gasteiger partial charge in [0.05, 0.1) is 28.5 Å². The van der Waals surface area contributed by atoms with Gasteiger partial charge >= 0.3 is 0 Å². The van der Waals surface area contributed by atoms with E-state index in [1.807, 2.05) is 11.0 Å². The Hall–Kier alpha value is -2.72. The zero-order valence-corrected chi connectivity index (χ0v) is 17.7. The van der Waals surface area contributed by atoms with Gasteiger partial charge in [-0.1, -0.05) is 36.0 Å². The molecule has 1 saturated heterocycles. The van der Waals surface area contributed by atoms with Crippen LogP contribution in [0.25, 0.3) is 0 Å². The number of hydrogen-bond acceptors (Lipinski definition) is 8. The Morgan fingerprint density at radius 2 is 1.97 bits per heavy atom. The third kappa shape index (κ3) is 4.10. The molecule has 0 spiro atoms. The maximum atomic E-state index is 12.2. The summed E-state index contributed by atoms with van der Waals surface area (Å²) in [6.07, 6.45) is 0. The molecule has 8 nitrogen and oxygen atoms in total. The van der Waals surface area contributed by atoms with Crippen molar-refractivity contribution >= 4 is 43.9 Å². The van der Waals surface area contributed by atoms with Gasteiger partial charge < -0.3 is 4.90 Å². The summed E-state index contributed by atoms with van der Waals surface area (Å²) in [5, 5.41) is 11.5. The van der Waals surface area contributed by atoms with E-state index in [1.165, 1.54) is 30.8 Å². The fraction of sp³-hybridized carbons (Fsp3) is 0.300. The molecule has 2 aromatic carbocycles. The molecule has 0 unspecified atom stereocenters. The third-order valence-electron chi connectivity index (χ3n) is 5.15. The number of ketones is 1. The van der Waals surface area contributed by atoms with Crippen LogP contribution in [0.4, 0.5) is 11.4 Å². The molecule has 2 aliphatic rings. The Labute approximate surface area is 178 Å². The van der Waals surface area contributed by atoms with E-state index in [0.717, 1.165) is 11.3 Å². The minimum absolute atomic E-state index is 0.0160. The number of Topliss-reactive ketones (excluding diaryl/α,β-unsaturated/α-hetero) is 1. The van der Waals surface area contributed by atoms with Crippen LogP contribution < -0.4 is 4.90 Å². The van der Waals surface area contributed by atoms with Crippen LogP contribution in [0.15, 0.2) is 53.5 Å². The van der Waals surface area contributed by atoms with Crippen LogP contribution in [0.2, 0.25) is 0 Å². The summed E-state index contributed by atoms with van der Waals surface area (Å²) in [5.41, 5.74) is 2.22. The van der Waals surface area contributed by atoms with Crippen molar-refractivity contribution < 1.29 is 18.1 Å². The van der Waals surface area contributed by atoms with Crippen molar-refractivity contribution in [1.82, 2.24) is 0 Å². The Kier molecular flexibility index (Phi) is 5.37. The zero-order valence-electron chi connectivity index (χ0n) is 16.1. The molecule has 0 N–H and O–H groups in total. The topological polar surface area (TPSA) is 110 Å². The van der Waals surface area contributed by atoms with E-state index >= 15 is 0 Å². The number of rotatable bonds is 5. The highest BCUT2D eigenvalue weighted by molar-refractivity contribution is 8.13. The van der Waals surface area contributed by atoms with Crippen LogP contribution in [-0.2, 0) is 15.6 Å². The van der Waals surface area contributed by atoms with Crippen LogP contribution >= 0.6 is 11.8 Å². The second-order valence-corrected chi connectivity index (χ2v) is 10.4. The molecule has 0 bridgehead atoms. The number of carbonyl (C=O) groups is 1. The monoisotopic (exact) mass is 445 g/mol. The maximum absolute atomic E-state index is 12.2. The van der Waals surface area contributed by atoms with Crippen molar-refractivity contribution in [2.75, 3.05) is 16.4 Å². The largest absolute Gasteiger partial charge is 0.315 e. The number of thioether (sulfide) groups is 1. The first-order valence-electron chi connectivity index (χ1n) is 9.28. The molecule has 4 rings (SSSR count). The first kappa shape index (κ1) is 20.5. The third-order valence-corrected chi connectivity index (χ3v) is 7.89. The van der Waals surface area contributed by atoms with Gasteiger partial charge in [-0.25, -0.2) is 8.42 Å². The number of aliphatic imine (C=N–C) groups is 1. The molecule has 2 aromatic rings. The van der Waals surface area contributed by atoms with Crippen molar-refractivity contribution in [3.05, 3.63) is 69.8 Å². The molecule has 0 aromatic heterocycles. The lowest BCUT2D eigenvalue weighted by Gasteiger charge is -2.26. The number of anilines is 1. The van der Waals surface area contributed by atoms with Crippen LogP contribution in [0.3, 0.4) is 0 Å². The normalized spacial score (nSPS) is 21.9. The quantitative estimate of drug-likeness (QED) is 0.395. The van der Waals surface area contributed by atoms with E-state index in [0.29, 0.717) is 16.5 Å². The zero-order chi connectivity index (χ0) is 21.5. The first-order chi connectivity index (χ1) is 14.2. The maximum Gasteiger partial charge on any atom is 0.269 e. The second kappa shape index (κ2) is 7.84. The van der Waals surface area contributed by atoms with Gasteiger partial charge in [0.2, 0.25) is 0 Å². The second-order valence-electron chi connectivity index (χ2n) is 7.31.